The third kappa shape index (κ3) is 3.69. The minimum atomic E-state index is -0.293. The van der Waals surface area contributed by atoms with Gasteiger partial charge in [-0.15, -0.1) is 0 Å². The van der Waals surface area contributed by atoms with E-state index in [1.807, 2.05) is 0 Å². The Morgan fingerprint density at radius 3 is 2.86 bits per heavy atom. The SMILES string of the molecule is COc1ccc(-c2nc(CNC(=O)c3cccc4c3OCCO4)c(C)o2)cc1O. The summed E-state index contributed by atoms with van der Waals surface area (Å²) in [6, 6.07) is 10.1. The quantitative estimate of drug-likeness (QED) is 0.683. The summed E-state index contributed by atoms with van der Waals surface area (Å²) in [5.41, 5.74) is 1.60. The molecule has 4 rings (SSSR count). The number of nitrogens with zero attached hydrogens (tertiary/aromatic N) is 1. The van der Waals surface area contributed by atoms with E-state index in [1.165, 1.54) is 13.2 Å². The molecule has 0 aliphatic carbocycles. The fourth-order valence-corrected chi connectivity index (χ4v) is 3.05. The van der Waals surface area contributed by atoms with Crippen molar-refractivity contribution in [1.29, 1.82) is 0 Å². The van der Waals surface area contributed by atoms with Crippen molar-refractivity contribution in [3.8, 4) is 34.5 Å². The van der Waals surface area contributed by atoms with E-state index in [4.69, 9.17) is 18.6 Å². The minimum absolute atomic E-state index is 0.00761. The first-order chi connectivity index (χ1) is 14.1. The van der Waals surface area contributed by atoms with Gasteiger partial charge in [0.1, 0.15) is 24.7 Å². The van der Waals surface area contributed by atoms with Crippen molar-refractivity contribution >= 4 is 5.91 Å². The maximum atomic E-state index is 12.6. The first-order valence-corrected chi connectivity index (χ1v) is 9.07. The third-order valence-corrected chi connectivity index (χ3v) is 4.55. The summed E-state index contributed by atoms with van der Waals surface area (Å²) in [6.07, 6.45) is 0. The first-order valence-electron chi connectivity index (χ1n) is 9.07. The number of nitrogens with one attached hydrogen (secondary N) is 1. The van der Waals surface area contributed by atoms with Crippen LogP contribution in [0.5, 0.6) is 23.0 Å². The Morgan fingerprint density at radius 1 is 1.24 bits per heavy atom. The average molecular weight is 396 g/mol. The zero-order valence-electron chi connectivity index (χ0n) is 16.0. The molecule has 0 bridgehead atoms. The van der Waals surface area contributed by atoms with Crippen molar-refractivity contribution in [3.63, 3.8) is 0 Å². The molecule has 0 unspecified atom stereocenters. The molecule has 1 aliphatic heterocycles. The van der Waals surface area contributed by atoms with Gasteiger partial charge in [0.25, 0.3) is 5.91 Å². The molecule has 1 aromatic heterocycles. The van der Waals surface area contributed by atoms with Crippen LogP contribution in [0.2, 0.25) is 0 Å². The van der Waals surface area contributed by atoms with Crippen LogP contribution in [0.3, 0.4) is 0 Å². The molecule has 1 amide bonds. The number of phenolic OH excluding ortho intramolecular Hbond substituents is 1. The number of oxazole rings is 1. The number of benzene rings is 2. The molecule has 29 heavy (non-hydrogen) atoms. The largest absolute Gasteiger partial charge is 0.504 e. The maximum Gasteiger partial charge on any atom is 0.255 e. The van der Waals surface area contributed by atoms with Crippen LogP contribution >= 0.6 is 0 Å². The van der Waals surface area contributed by atoms with Crippen LogP contribution in [0, 0.1) is 6.92 Å². The number of methoxy groups -OCH3 is 1. The van der Waals surface area contributed by atoms with Gasteiger partial charge in [-0.05, 0) is 37.3 Å². The van der Waals surface area contributed by atoms with Crippen LogP contribution in [0.1, 0.15) is 21.8 Å². The lowest BCUT2D eigenvalue weighted by molar-refractivity contribution is 0.0939. The number of hydrogen-bond donors (Lipinski definition) is 2. The van der Waals surface area contributed by atoms with Gasteiger partial charge in [-0.1, -0.05) is 6.07 Å². The van der Waals surface area contributed by atoms with Crippen molar-refractivity contribution in [2.45, 2.75) is 13.5 Å². The first kappa shape index (κ1) is 18.7. The number of phenols is 1. The molecule has 8 heteroatoms. The molecule has 0 fully saturated rings. The molecule has 0 atom stereocenters. The van der Waals surface area contributed by atoms with Gasteiger partial charge in [0.2, 0.25) is 5.89 Å². The second-order valence-corrected chi connectivity index (χ2v) is 6.42. The number of carbonyl (C=O) groups excluding carboxylic acids is 1. The molecule has 3 aromatic rings. The molecule has 0 spiro atoms. The number of ether oxygens (including phenoxy) is 3. The highest BCUT2D eigenvalue weighted by molar-refractivity contribution is 5.97. The van der Waals surface area contributed by atoms with Gasteiger partial charge in [0.05, 0.1) is 19.2 Å². The highest BCUT2D eigenvalue weighted by Crippen LogP contribution is 2.34. The monoisotopic (exact) mass is 396 g/mol. The van der Waals surface area contributed by atoms with E-state index in [2.05, 4.69) is 10.3 Å². The van der Waals surface area contributed by atoms with Crippen LogP contribution in [-0.4, -0.2) is 36.3 Å². The predicted octanol–water partition coefficient (Wildman–Crippen LogP) is 3.07. The van der Waals surface area contributed by atoms with E-state index < -0.39 is 0 Å². The number of para-hydroxylation sites is 1. The van der Waals surface area contributed by atoms with E-state index in [0.717, 1.165) is 0 Å². The minimum Gasteiger partial charge on any atom is -0.504 e. The normalized spacial score (nSPS) is 12.5. The Morgan fingerprint density at radius 2 is 2.07 bits per heavy atom. The number of hydrogen-bond acceptors (Lipinski definition) is 7. The number of rotatable bonds is 5. The number of amides is 1. The lowest BCUT2D eigenvalue weighted by atomic mass is 10.1. The van der Waals surface area contributed by atoms with Gasteiger partial charge in [0, 0.05) is 5.56 Å². The number of aryl methyl sites for hydroxylation is 1. The van der Waals surface area contributed by atoms with E-state index in [9.17, 15) is 9.90 Å². The fourth-order valence-electron chi connectivity index (χ4n) is 3.05. The summed E-state index contributed by atoms with van der Waals surface area (Å²) in [5, 5.41) is 12.8. The Hall–Kier alpha value is -3.68. The number of aromatic nitrogens is 1. The number of carbonyl (C=O) groups is 1. The molecule has 150 valence electrons. The molecule has 8 nitrogen and oxygen atoms in total. The van der Waals surface area contributed by atoms with Gasteiger partial charge in [-0.25, -0.2) is 4.98 Å². The summed E-state index contributed by atoms with van der Waals surface area (Å²) in [7, 11) is 1.48. The van der Waals surface area contributed by atoms with E-state index in [1.54, 1.807) is 37.3 Å². The van der Waals surface area contributed by atoms with Crippen molar-refractivity contribution in [3.05, 3.63) is 53.4 Å². The molecule has 2 aromatic carbocycles. The van der Waals surface area contributed by atoms with Crippen molar-refractivity contribution in [2.75, 3.05) is 20.3 Å². The third-order valence-electron chi connectivity index (χ3n) is 4.55. The van der Waals surface area contributed by atoms with Gasteiger partial charge in [-0.3, -0.25) is 4.79 Å². The Balaban J connectivity index is 1.50. The fraction of sp³-hybridized carbons (Fsp3) is 0.238. The molecule has 0 radical (unpaired) electrons. The number of fused-ring (bicyclic) bond motifs is 1. The van der Waals surface area contributed by atoms with Crippen molar-refractivity contribution in [1.82, 2.24) is 10.3 Å². The van der Waals surface area contributed by atoms with Crippen molar-refractivity contribution < 1.29 is 28.5 Å². The molecule has 0 saturated heterocycles. The standard InChI is InChI=1S/C21H20N2O6/c1-12-15(23-21(29-12)13-6-7-17(26-2)16(24)10-13)11-22-20(25)14-4-3-5-18-19(14)28-9-8-27-18/h3-7,10,24H,8-9,11H2,1-2H3,(H,22,25). The van der Waals surface area contributed by atoms with Crippen LogP contribution in [0.25, 0.3) is 11.5 Å². The van der Waals surface area contributed by atoms with Gasteiger partial charge < -0.3 is 29.1 Å². The van der Waals surface area contributed by atoms with Crippen molar-refractivity contribution in [2.24, 2.45) is 0 Å². The van der Waals surface area contributed by atoms with Crippen LogP contribution < -0.4 is 19.5 Å². The van der Waals surface area contributed by atoms with Gasteiger partial charge >= 0.3 is 0 Å². The van der Waals surface area contributed by atoms with E-state index >= 15 is 0 Å². The van der Waals surface area contributed by atoms with Crippen LogP contribution in [-0.2, 0) is 6.54 Å². The van der Waals surface area contributed by atoms with Crippen LogP contribution in [0.15, 0.2) is 40.8 Å². The number of aromatic hydroxyl groups is 1. The van der Waals surface area contributed by atoms with Crippen LogP contribution in [0.4, 0.5) is 0 Å². The van der Waals surface area contributed by atoms with Gasteiger partial charge in [0.15, 0.2) is 23.0 Å². The lowest BCUT2D eigenvalue weighted by Crippen LogP contribution is -2.25. The summed E-state index contributed by atoms with van der Waals surface area (Å²) in [4.78, 5) is 17.1. The zero-order valence-corrected chi connectivity index (χ0v) is 16.0. The highest BCUT2D eigenvalue weighted by Gasteiger charge is 2.21. The summed E-state index contributed by atoms with van der Waals surface area (Å²) in [6.45, 7) is 2.81. The summed E-state index contributed by atoms with van der Waals surface area (Å²) < 4.78 is 21.8. The Kier molecular flexibility index (Phi) is 4.99. The zero-order chi connectivity index (χ0) is 20.4. The molecule has 2 heterocycles. The Bertz CT molecular complexity index is 1060. The van der Waals surface area contributed by atoms with E-state index in [-0.39, 0.29) is 18.2 Å². The highest BCUT2D eigenvalue weighted by atomic mass is 16.6. The Labute approximate surface area is 167 Å². The molecule has 1 aliphatic rings. The molecule has 0 saturated carbocycles. The lowest BCUT2D eigenvalue weighted by Gasteiger charge is -2.20. The molecule has 2 N–H and O–H groups in total. The van der Waals surface area contributed by atoms with E-state index in [0.29, 0.717) is 58.9 Å². The topological polar surface area (TPSA) is 103 Å². The average Bonchev–Trinajstić information content (AvgIpc) is 3.12. The molecular weight excluding hydrogens is 376 g/mol. The predicted molar refractivity (Wildman–Crippen MR) is 103 cm³/mol. The smallest absolute Gasteiger partial charge is 0.255 e. The second-order valence-electron chi connectivity index (χ2n) is 6.42. The van der Waals surface area contributed by atoms with Gasteiger partial charge in [-0.2, -0.15) is 0 Å². The second kappa shape index (κ2) is 7.75. The maximum absolute atomic E-state index is 12.6. The molecular formula is C21H20N2O6. The summed E-state index contributed by atoms with van der Waals surface area (Å²) in [5.74, 6) is 1.99. The summed E-state index contributed by atoms with van der Waals surface area (Å²) >= 11 is 0.